The Kier molecular flexibility index (Phi) is 6.60. The number of nitrogens with one attached hydrogen (secondary N) is 1. The Morgan fingerprint density at radius 1 is 1.16 bits per heavy atom. The Morgan fingerprint density at radius 2 is 1.87 bits per heavy atom. The van der Waals surface area contributed by atoms with Crippen LogP contribution in [0.5, 0.6) is 5.75 Å². The average Bonchev–Trinajstić information content (AvgIpc) is 3.21. The van der Waals surface area contributed by atoms with Crippen molar-refractivity contribution in [2.24, 2.45) is 11.8 Å². The average molecular weight is 528 g/mol. The Bertz CT molecular complexity index is 1330. The van der Waals surface area contributed by atoms with E-state index in [1.807, 2.05) is 36.1 Å². The monoisotopic (exact) mass is 527 g/mol. The fraction of sp³-hybridized carbons (Fsp3) is 0.483. The highest BCUT2D eigenvalue weighted by Gasteiger charge is 2.45. The van der Waals surface area contributed by atoms with Gasteiger partial charge in [-0.05, 0) is 37.8 Å². The van der Waals surface area contributed by atoms with E-state index < -0.39 is 23.8 Å². The molecule has 6 rings (SSSR count). The van der Waals surface area contributed by atoms with Gasteiger partial charge < -0.3 is 19.7 Å². The van der Waals surface area contributed by atoms with Crippen molar-refractivity contribution in [1.29, 1.82) is 0 Å². The highest BCUT2D eigenvalue weighted by molar-refractivity contribution is 5.87. The fourth-order valence-corrected chi connectivity index (χ4v) is 6.24. The molecule has 3 aliphatic rings. The Morgan fingerprint density at radius 3 is 2.55 bits per heavy atom. The van der Waals surface area contributed by atoms with Crippen LogP contribution >= 0.6 is 0 Å². The number of rotatable bonds is 7. The summed E-state index contributed by atoms with van der Waals surface area (Å²) in [6.45, 7) is 3.68. The number of aliphatic hydroxyl groups is 1. The van der Waals surface area contributed by atoms with Crippen molar-refractivity contribution in [1.82, 2.24) is 14.8 Å². The Labute approximate surface area is 219 Å². The van der Waals surface area contributed by atoms with Gasteiger partial charge in [-0.1, -0.05) is 18.2 Å². The van der Waals surface area contributed by atoms with Crippen LogP contribution in [0.25, 0.3) is 10.9 Å². The number of alkyl halides is 1. The number of hydrogen-bond acceptors (Lipinski definition) is 4. The number of hydrogen-bond donors (Lipinski definition) is 2. The molecule has 2 fully saturated rings. The topological polar surface area (TPSA) is 68.8 Å². The summed E-state index contributed by atoms with van der Waals surface area (Å²) in [7, 11) is 0. The van der Waals surface area contributed by atoms with Crippen molar-refractivity contribution in [3.63, 3.8) is 0 Å². The molecular formula is C29H32F3N3O3. The first kappa shape index (κ1) is 25.2. The summed E-state index contributed by atoms with van der Waals surface area (Å²) in [5.41, 5.74) is 2.23. The standard InChI is InChI=1S/C29H32F3N3O3/c1-16-8-22-21-4-2-3-5-25(21)33-27(22)28(35(16)29(37)18-9-19(36)10-18)26-23(31)11-20(12-24(26)32)38-7-6-34-14-17(13-30)15-34/h2-5,11-12,16-19,28,33,36H,6-10,13-15H2,1H3/t16-,18-,19-,28-/m1/s1. The lowest BCUT2D eigenvalue weighted by molar-refractivity contribution is -0.147. The number of aliphatic hydroxyl groups excluding tert-OH is 1. The molecule has 3 aromatic rings. The molecule has 38 heavy (non-hydrogen) atoms. The highest BCUT2D eigenvalue weighted by atomic mass is 19.1. The third kappa shape index (κ3) is 4.35. The van der Waals surface area contributed by atoms with E-state index in [0.717, 1.165) is 16.5 Å². The van der Waals surface area contributed by atoms with Gasteiger partial charge >= 0.3 is 0 Å². The van der Waals surface area contributed by atoms with E-state index in [4.69, 9.17) is 4.74 Å². The van der Waals surface area contributed by atoms with Crippen LogP contribution < -0.4 is 4.74 Å². The molecule has 2 atom stereocenters. The third-order valence-electron chi connectivity index (χ3n) is 8.34. The van der Waals surface area contributed by atoms with E-state index in [9.17, 15) is 14.3 Å². The van der Waals surface area contributed by atoms with Gasteiger partial charge in [0.15, 0.2) is 0 Å². The molecule has 3 heterocycles. The lowest BCUT2D eigenvalue weighted by Crippen LogP contribution is -2.52. The zero-order valence-electron chi connectivity index (χ0n) is 21.3. The number of para-hydroxylation sites is 1. The van der Waals surface area contributed by atoms with Crippen LogP contribution in [0.15, 0.2) is 36.4 Å². The van der Waals surface area contributed by atoms with Gasteiger partial charge in [0.25, 0.3) is 0 Å². The number of fused-ring (bicyclic) bond motifs is 3. The predicted octanol–water partition coefficient (Wildman–Crippen LogP) is 4.36. The largest absolute Gasteiger partial charge is 0.492 e. The fourth-order valence-electron chi connectivity index (χ4n) is 6.24. The van der Waals surface area contributed by atoms with Crippen molar-refractivity contribution >= 4 is 16.8 Å². The maximum atomic E-state index is 15.8. The molecule has 1 amide bonds. The van der Waals surface area contributed by atoms with Crippen molar-refractivity contribution in [2.75, 3.05) is 32.9 Å². The zero-order valence-corrected chi connectivity index (χ0v) is 21.3. The summed E-state index contributed by atoms with van der Waals surface area (Å²) in [4.78, 5) is 20.6. The van der Waals surface area contributed by atoms with Gasteiger partial charge in [0, 0.05) is 66.2 Å². The molecular weight excluding hydrogens is 495 g/mol. The summed E-state index contributed by atoms with van der Waals surface area (Å²) >= 11 is 0. The molecule has 1 saturated carbocycles. The van der Waals surface area contributed by atoms with Crippen LogP contribution in [-0.2, 0) is 11.2 Å². The summed E-state index contributed by atoms with van der Waals surface area (Å²) < 4.78 is 49.8. The van der Waals surface area contributed by atoms with Crippen molar-refractivity contribution in [2.45, 2.75) is 44.4 Å². The number of aromatic amines is 1. The molecule has 2 N–H and O–H groups in total. The number of likely N-dealkylation sites (tertiary alicyclic amines) is 1. The van der Waals surface area contributed by atoms with Crippen LogP contribution in [0, 0.1) is 23.5 Å². The second-order valence-corrected chi connectivity index (χ2v) is 11.0. The number of carbonyl (C=O) groups is 1. The van der Waals surface area contributed by atoms with Crippen LogP contribution in [-0.4, -0.2) is 70.9 Å². The molecule has 2 aliphatic heterocycles. The molecule has 0 spiro atoms. The first-order valence-corrected chi connectivity index (χ1v) is 13.3. The third-order valence-corrected chi connectivity index (χ3v) is 8.34. The quantitative estimate of drug-likeness (QED) is 0.479. The maximum absolute atomic E-state index is 15.8. The molecule has 0 radical (unpaired) electrons. The number of amides is 1. The second-order valence-electron chi connectivity index (χ2n) is 11.0. The van der Waals surface area contributed by atoms with Crippen molar-refractivity contribution in [3.05, 3.63) is 64.9 Å². The number of benzene rings is 2. The van der Waals surface area contributed by atoms with Crippen molar-refractivity contribution in [3.8, 4) is 5.75 Å². The summed E-state index contributed by atoms with van der Waals surface area (Å²) in [6.07, 6.45) is 0.751. The SMILES string of the molecule is C[C@@H]1Cc2c([nH]c3ccccc23)[C@@H](c2c(F)cc(OCCN3CC(CF)C3)cc2F)N1C(=O)[C@H]1C[C@H](O)C1. The van der Waals surface area contributed by atoms with Gasteiger partial charge in [-0.15, -0.1) is 0 Å². The number of nitrogens with zero attached hydrogens (tertiary/aromatic N) is 2. The smallest absolute Gasteiger partial charge is 0.226 e. The maximum Gasteiger partial charge on any atom is 0.226 e. The summed E-state index contributed by atoms with van der Waals surface area (Å²) in [5, 5.41) is 10.8. The summed E-state index contributed by atoms with van der Waals surface area (Å²) in [5.74, 6) is -1.99. The molecule has 1 aromatic heterocycles. The number of H-pyrrole nitrogens is 1. The van der Waals surface area contributed by atoms with Crippen LogP contribution in [0.4, 0.5) is 13.2 Å². The zero-order chi connectivity index (χ0) is 26.6. The molecule has 6 nitrogen and oxygen atoms in total. The molecule has 0 bridgehead atoms. The highest BCUT2D eigenvalue weighted by Crippen LogP contribution is 2.45. The number of ether oxygens (including phenoxy) is 1. The molecule has 202 valence electrons. The van der Waals surface area contributed by atoms with Gasteiger partial charge in [-0.25, -0.2) is 8.78 Å². The van der Waals surface area contributed by atoms with Gasteiger partial charge in [-0.2, -0.15) is 0 Å². The molecule has 2 aromatic carbocycles. The molecule has 9 heteroatoms. The second kappa shape index (κ2) is 9.93. The normalized spacial score (nSPS) is 25.7. The van der Waals surface area contributed by atoms with Gasteiger partial charge in [0.2, 0.25) is 5.91 Å². The van der Waals surface area contributed by atoms with Crippen LogP contribution in [0.3, 0.4) is 0 Å². The first-order chi connectivity index (χ1) is 18.3. The van der Waals surface area contributed by atoms with E-state index in [1.54, 1.807) is 4.90 Å². The van der Waals surface area contributed by atoms with Crippen LogP contribution in [0.1, 0.15) is 42.6 Å². The lowest BCUT2D eigenvalue weighted by atomic mass is 9.79. The van der Waals surface area contributed by atoms with Crippen LogP contribution in [0.2, 0.25) is 0 Å². The minimum Gasteiger partial charge on any atom is -0.492 e. The Balaban J connectivity index is 1.33. The van der Waals surface area contributed by atoms with E-state index >= 15 is 8.78 Å². The molecule has 0 unspecified atom stereocenters. The van der Waals surface area contributed by atoms with E-state index in [2.05, 4.69) is 4.98 Å². The van der Waals surface area contributed by atoms with Gasteiger partial charge in [0.05, 0.1) is 18.3 Å². The number of halogens is 3. The number of carbonyl (C=O) groups excluding carboxylic acids is 1. The van der Waals surface area contributed by atoms with Gasteiger partial charge in [0.1, 0.15) is 30.0 Å². The minimum absolute atomic E-state index is 0.0606. The molecule has 1 saturated heterocycles. The van der Waals surface area contributed by atoms with Crippen molar-refractivity contribution < 1.29 is 27.8 Å². The van der Waals surface area contributed by atoms with E-state index in [0.29, 0.717) is 44.6 Å². The van der Waals surface area contributed by atoms with E-state index in [-0.39, 0.29) is 48.4 Å². The minimum atomic E-state index is -0.973. The summed E-state index contributed by atoms with van der Waals surface area (Å²) in [6, 6.07) is 8.80. The lowest BCUT2D eigenvalue weighted by Gasteiger charge is -2.45. The predicted molar refractivity (Wildman–Crippen MR) is 137 cm³/mol. The Hall–Kier alpha value is -3.04. The van der Waals surface area contributed by atoms with Gasteiger partial charge in [-0.3, -0.25) is 14.1 Å². The molecule has 1 aliphatic carbocycles. The van der Waals surface area contributed by atoms with E-state index in [1.165, 1.54) is 12.1 Å². The first-order valence-electron chi connectivity index (χ1n) is 13.3. The number of aromatic nitrogens is 1.